The Bertz CT molecular complexity index is 345. The number of hydrogen-bond acceptors (Lipinski definition) is 1. The molecule has 0 saturated carbocycles. The second-order valence-corrected chi connectivity index (χ2v) is 9.41. The van der Waals surface area contributed by atoms with E-state index in [0.717, 1.165) is 0 Å². The summed E-state index contributed by atoms with van der Waals surface area (Å²) in [6.45, 7) is 7.07. The molecule has 0 aromatic carbocycles. The molecule has 1 heteroatoms. The molecule has 134 valence electrons. The quantitative estimate of drug-likeness (QED) is 0.299. The summed E-state index contributed by atoms with van der Waals surface area (Å²) in [6, 6.07) is 4.44. The Balaban J connectivity index is 1.71. The van der Waals surface area contributed by atoms with Gasteiger partial charge in [-0.25, -0.2) is 0 Å². The topological polar surface area (TPSA) is 0 Å². The number of thiophene rings is 1. The molecule has 0 bridgehead atoms. The number of hydrogen-bond donors (Lipinski definition) is 0. The molecule has 0 fully saturated rings. The molecule has 1 aromatic heterocycles. The van der Waals surface area contributed by atoms with Gasteiger partial charge in [-0.3, -0.25) is 0 Å². The molecule has 0 radical (unpaired) electrons. The Morgan fingerprint density at radius 3 is 1.61 bits per heavy atom. The summed E-state index contributed by atoms with van der Waals surface area (Å²) >= 11 is 1.91. The van der Waals surface area contributed by atoms with Crippen LogP contribution >= 0.6 is 11.3 Å². The molecule has 0 aliphatic carbocycles. The largest absolute Gasteiger partial charge is 0.149 e. The molecule has 0 nitrogen and oxygen atoms in total. The zero-order chi connectivity index (χ0) is 16.8. The standard InChI is InChI=1S/C22H40S/c1-22(2,3)19-15-13-11-9-7-5-4-6-8-10-12-14-17-21-18-16-20-23-21/h16,18,20H,4-15,17,19H2,1-3H3. The lowest BCUT2D eigenvalue weighted by Crippen LogP contribution is -2.03. The van der Waals surface area contributed by atoms with Crippen LogP contribution in [0.3, 0.4) is 0 Å². The van der Waals surface area contributed by atoms with Crippen molar-refractivity contribution in [1.29, 1.82) is 0 Å². The minimum atomic E-state index is 0.532. The third kappa shape index (κ3) is 13.8. The van der Waals surface area contributed by atoms with E-state index in [-0.39, 0.29) is 0 Å². The van der Waals surface area contributed by atoms with Crippen LogP contribution in [0.2, 0.25) is 0 Å². The van der Waals surface area contributed by atoms with Crippen LogP contribution in [0.4, 0.5) is 0 Å². The van der Waals surface area contributed by atoms with Gasteiger partial charge in [0.05, 0.1) is 0 Å². The number of unbranched alkanes of at least 4 members (excludes halogenated alkanes) is 11. The van der Waals surface area contributed by atoms with Gasteiger partial charge in [-0.1, -0.05) is 97.5 Å². The zero-order valence-electron chi connectivity index (χ0n) is 16.0. The van der Waals surface area contributed by atoms with Crippen molar-refractivity contribution >= 4 is 11.3 Å². The van der Waals surface area contributed by atoms with Gasteiger partial charge in [-0.2, -0.15) is 0 Å². The summed E-state index contributed by atoms with van der Waals surface area (Å²) in [5.41, 5.74) is 0.532. The van der Waals surface area contributed by atoms with E-state index in [2.05, 4.69) is 38.3 Å². The molecule has 0 atom stereocenters. The molecular weight excluding hydrogens is 296 g/mol. The van der Waals surface area contributed by atoms with E-state index in [9.17, 15) is 0 Å². The number of aryl methyl sites for hydroxylation is 1. The average Bonchev–Trinajstić information content (AvgIpc) is 3.00. The van der Waals surface area contributed by atoms with Crippen molar-refractivity contribution in [3.8, 4) is 0 Å². The summed E-state index contributed by atoms with van der Waals surface area (Å²) in [4.78, 5) is 1.56. The Morgan fingerprint density at radius 2 is 1.17 bits per heavy atom. The van der Waals surface area contributed by atoms with Crippen molar-refractivity contribution in [1.82, 2.24) is 0 Å². The van der Waals surface area contributed by atoms with E-state index in [0.29, 0.717) is 5.41 Å². The van der Waals surface area contributed by atoms with Crippen molar-refractivity contribution in [2.24, 2.45) is 5.41 Å². The third-order valence-electron chi connectivity index (χ3n) is 4.68. The van der Waals surface area contributed by atoms with Gasteiger partial charge < -0.3 is 0 Å². The highest BCUT2D eigenvalue weighted by Crippen LogP contribution is 2.22. The first-order chi connectivity index (χ1) is 11.1. The molecule has 23 heavy (non-hydrogen) atoms. The highest BCUT2D eigenvalue weighted by molar-refractivity contribution is 7.09. The van der Waals surface area contributed by atoms with E-state index in [4.69, 9.17) is 0 Å². The van der Waals surface area contributed by atoms with Crippen LogP contribution in [0.5, 0.6) is 0 Å². The lowest BCUT2D eigenvalue weighted by atomic mass is 9.89. The molecule has 1 rings (SSSR count). The summed E-state index contributed by atoms with van der Waals surface area (Å²) < 4.78 is 0. The van der Waals surface area contributed by atoms with Crippen molar-refractivity contribution in [3.63, 3.8) is 0 Å². The Morgan fingerprint density at radius 1 is 0.696 bits per heavy atom. The summed E-state index contributed by atoms with van der Waals surface area (Å²) in [5, 5.41) is 2.19. The van der Waals surface area contributed by atoms with E-state index in [1.54, 1.807) is 4.88 Å². The normalized spacial score (nSPS) is 12.0. The molecule has 0 unspecified atom stereocenters. The predicted molar refractivity (Wildman–Crippen MR) is 107 cm³/mol. The summed E-state index contributed by atoms with van der Waals surface area (Å²) in [7, 11) is 0. The van der Waals surface area contributed by atoms with E-state index in [1.807, 2.05) is 11.3 Å². The lowest BCUT2D eigenvalue weighted by Gasteiger charge is -2.17. The predicted octanol–water partition coefficient (Wildman–Crippen LogP) is 8.41. The average molecular weight is 337 g/mol. The Labute approximate surface area is 150 Å². The van der Waals surface area contributed by atoms with Gasteiger partial charge in [-0.05, 0) is 36.1 Å². The second kappa shape index (κ2) is 13.0. The first kappa shape index (κ1) is 20.7. The SMILES string of the molecule is CC(C)(C)CCCCCCCCCCCCCCc1cccs1. The molecule has 0 saturated heterocycles. The first-order valence-corrected chi connectivity index (χ1v) is 11.0. The van der Waals surface area contributed by atoms with Crippen LogP contribution in [0.25, 0.3) is 0 Å². The van der Waals surface area contributed by atoms with Crippen molar-refractivity contribution < 1.29 is 0 Å². The second-order valence-electron chi connectivity index (χ2n) is 8.38. The minimum Gasteiger partial charge on any atom is -0.149 e. The fourth-order valence-electron chi connectivity index (χ4n) is 3.18. The molecular formula is C22H40S. The fourth-order valence-corrected chi connectivity index (χ4v) is 3.93. The number of rotatable bonds is 14. The van der Waals surface area contributed by atoms with Crippen LogP contribution in [-0.4, -0.2) is 0 Å². The van der Waals surface area contributed by atoms with Gasteiger partial charge >= 0.3 is 0 Å². The molecule has 0 aliphatic rings. The van der Waals surface area contributed by atoms with Gasteiger partial charge in [0.2, 0.25) is 0 Å². The van der Waals surface area contributed by atoms with Crippen molar-refractivity contribution in [2.75, 3.05) is 0 Å². The minimum absolute atomic E-state index is 0.532. The maximum absolute atomic E-state index is 2.36. The van der Waals surface area contributed by atoms with Gasteiger partial charge in [-0.15, -0.1) is 11.3 Å². The molecule has 1 aromatic rings. The molecule has 0 spiro atoms. The maximum Gasteiger partial charge on any atom is 0.00452 e. The van der Waals surface area contributed by atoms with Crippen LogP contribution in [0.15, 0.2) is 17.5 Å². The summed E-state index contributed by atoms with van der Waals surface area (Å²) in [6.07, 6.45) is 20.0. The van der Waals surface area contributed by atoms with Gasteiger partial charge in [0.25, 0.3) is 0 Å². The highest BCUT2D eigenvalue weighted by atomic mass is 32.1. The van der Waals surface area contributed by atoms with Crippen LogP contribution in [0, 0.1) is 5.41 Å². The van der Waals surface area contributed by atoms with Gasteiger partial charge in [0, 0.05) is 4.88 Å². The zero-order valence-corrected chi connectivity index (χ0v) is 16.9. The lowest BCUT2D eigenvalue weighted by molar-refractivity contribution is 0.356. The smallest absolute Gasteiger partial charge is 0.00452 e. The van der Waals surface area contributed by atoms with Crippen molar-refractivity contribution in [3.05, 3.63) is 22.4 Å². The molecule has 1 heterocycles. The van der Waals surface area contributed by atoms with Crippen LogP contribution in [0.1, 0.15) is 109 Å². The summed E-state index contributed by atoms with van der Waals surface area (Å²) in [5.74, 6) is 0. The molecule has 0 aliphatic heterocycles. The Kier molecular flexibility index (Phi) is 11.8. The van der Waals surface area contributed by atoms with Gasteiger partial charge in [0.1, 0.15) is 0 Å². The van der Waals surface area contributed by atoms with Crippen molar-refractivity contribution in [2.45, 2.75) is 111 Å². The van der Waals surface area contributed by atoms with E-state index >= 15 is 0 Å². The highest BCUT2D eigenvalue weighted by Gasteiger charge is 2.08. The van der Waals surface area contributed by atoms with E-state index in [1.165, 1.54) is 89.9 Å². The fraction of sp³-hybridized carbons (Fsp3) is 0.818. The third-order valence-corrected chi connectivity index (χ3v) is 5.62. The molecule has 0 amide bonds. The monoisotopic (exact) mass is 336 g/mol. The van der Waals surface area contributed by atoms with Crippen LogP contribution < -0.4 is 0 Å². The Hall–Kier alpha value is -0.300. The van der Waals surface area contributed by atoms with Crippen LogP contribution in [-0.2, 0) is 6.42 Å². The maximum atomic E-state index is 2.36. The van der Waals surface area contributed by atoms with Gasteiger partial charge in [0.15, 0.2) is 0 Å². The molecule has 0 N–H and O–H groups in total. The van der Waals surface area contributed by atoms with E-state index < -0.39 is 0 Å². The first-order valence-electron chi connectivity index (χ1n) is 10.1.